The molecule has 10 nitrogen and oxygen atoms in total. The Kier molecular flexibility index (Phi) is 4.62. The molecule has 0 aromatic carbocycles. The Morgan fingerprint density at radius 1 is 1.32 bits per heavy atom. The first kappa shape index (κ1) is 18.2. The van der Waals surface area contributed by atoms with Crippen molar-refractivity contribution in [3.63, 3.8) is 0 Å². The smallest absolute Gasteiger partial charge is 0.263 e. The fourth-order valence-electron chi connectivity index (χ4n) is 3.71. The number of rotatable bonds is 4. The summed E-state index contributed by atoms with van der Waals surface area (Å²) in [5.41, 5.74) is 1.25. The van der Waals surface area contributed by atoms with Crippen LogP contribution in [0.5, 0.6) is 0 Å². The predicted octanol–water partition coefficient (Wildman–Crippen LogP) is 0.0600. The molecule has 1 unspecified atom stereocenters. The van der Waals surface area contributed by atoms with E-state index in [0.29, 0.717) is 29.9 Å². The monoisotopic (exact) mass is 384 g/mol. The lowest BCUT2D eigenvalue weighted by Gasteiger charge is -2.37. The molecular formula is C18H24N8O2. The van der Waals surface area contributed by atoms with E-state index in [-0.39, 0.29) is 17.5 Å². The van der Waals surface area contributed by atoms with Gasteiger partial charge in [0.2, 0.25) is 11.9 Å². The van der Waals surface area contributed by atoms with E-state index in [9.17, 15) is 9.59 Å². The number of piperidine rings is 1. The summed E-state index contributed by atoms with van der Waals surface area (Å²) < 4.78 is 3.29. The number of carbonyl (C=O) groups excluding carboxylic acids is 1. The lowest BCUT2D eigenvalue weighted by Crippen LogP contribution is -2.49. The molecule has 3 aromatic heterocycles. The van der Waals surface area contributed by atoms with Crippen molar-refractivity contribution in [2.24, 2.45) is 14.1 Å². The summed E-state index contributed by atoms with van der Waals surface area (Å²) in [7, 11) is 5.50. The van der Waals surface area contributed by atoms with Crippen molar-refractivity contribution < 1.29 is 4.79 Å². The van der Waals surface area contributed by atoms with Crippen molar-refractivity contribution >= 4 is 22.9 Å². The largest absolute Gasteiger partial charge is 0.341 e. The standard InChI is InChI=1S/C18H24N8O2/c1-23-10-12(8-19-23)7-15(27)26-6-4-5-13(11-26)24(2)18-21-16-14(17(28)22-18)9-20-25(16)3/h8-10,13H,4-7,11H2,1-3H3,(H,21,22,28). The number of carbonyl (C=O) groups is 1. The summed E-state index contributed by atoms with van der Waals surface area (Å²) in [4.78, 5) is 36.3. The molecule has 0 aliphatic carbocycles. The van der Waals surface area contributed by atoms with E-state index in [4.69, 9.17) is 0 Å². The Morgan fingerprint density at radius 3 is 2.89 bits per heavy atom. The number of amides is 1. The van der Waals surface area contributed by atoms with Crippen molar-refractivity contribution in [2.75, 3.05) is 25.0 Å². The van der Waals surface area contributed by atoms with Gasteiger partial charge in [0.1, 0.15) is 5.39 Å². The minimum Gasteiger partial charge on any atom is -0.341 e. The van der Waals surface area contributed by atoms with E-state index in [1.165, 1.54) is 6.20 Å². The number of anilines is 1. The number of aryl methyl sites for hydroxylation is 2. The van der Waals surface area contributed by atoms with Crippen molar-refractivity contribution in [3.05, 3.63) is 34.5 Å². The lowest BCUT2D eigenvalue weighted by atomic mass is 10.0. The van der Waals surface area contributed by atoms with Gasteiger partial charge in [-0.05, 0) is 18.4 Å². The normalized spacial score (nSPS) is 17.2. The van der Waals surface area contributed by atoms with Crippen LogP contribution in [-0.2, 0) is 25.3 Å². The van der Waals surface area contributed by atoms with Gasteiger partial charge in [-0.2, -0.15) is 15.2 Å². The van der Waals surface area contributed by atoms with Crippen LogP contribution < -0.4 is 10.5 Å². The van der Waals surface area contributed by atoms with Crippen molar-refractivity contribution in [2.45, 2.75) is 25.3 Å². The van der Waals surface area contributed by atoms with Gasteiger partial charge >= 0.3 is 0 Å². The average molecular weight is 384 g/mol. The average Bonchev–Trinajstić information content (AvgIpc) is 3.27. The number of fused-ring (bicyclic) bond motifs is 1. The number of H-pyrrole nitrogens is 1. The maximum atomic E-state index is 12.7. The minimum absolute atomic E-state index is 0.0837. The molecule has 1 fully saturated rings. The molecule has 0 spiro atoms. The number of hydrogen-bond donors (Lipinski definition) is 1. The molecule has 1 N–H and O–H groups in total. The second-order valence-electron chi connectivity index (χ2n) is 7.34. The zero-order chi connectivity index (χ0) is 19.8. The molecule has 4 rings (SSSR count). The Labute approximate surface area is 161 Å². The van der Waals surface area contributed by atoms with E-state index in [1.54, 1.807) is 22.6 Å². The van der Waals surface area contributed by atoms with E-state index in [1.807, 2.05) is 30.1 Å². The van der Waals surface area contributed by atoms with E-state index in [0.717, 1.165) is 24.9 Å². The summed E-state index contributed by atoms with van der Waals surface area (Å²) in [6.45, 7) is 1.34. The predicted molar refractivity (Wildman–Crippen MR) is 104 cm³/mol. The molecule has 148 valence electrons. The third-order valence-corrected chi connectivity index (χ3v) is 5.33. The molecule has 1 aliphatic rings. The fourth-order valence-corrected chi connectivity index (χ4v) is 3.71. The van der Waals surface area contributed by atoms with Crippen molar-refractivity contribution in [1.82, 2.24) is 34.4 Å². The van der Waals surface area contributed by atoms with Crippen LogP contribution in [0.25, 0.3) is 11.0 Å². The maximum absolute atomic E-state index is 12.7. The van der Waals surface area contributed by atoms with E-state index >= 15 is 0 Å². The third-order valence-electron chi connectivity index (χ3n) is 5.33. The number of likely N-dealkylation sites (N-methyl/N-ethyl adjacent to an activating group) is 1. The highest BCUT2D eigenvalue weighted by atomic mass is 16.2. The Balaban J connectivity index is 1.50. The summed E-state index contributed by atoms with van der Waals surface area (Å²) in [6.07, 6.45) is 7.30. The molecule has 28 heavy (non-hydrogen) atoms. The molecule has 3 aromatic rings. The van der Waals surface area contributed by atoms with Crippen LogP contribution in [0, 0.1) is 0 Å². The zero-order valence-corrected chi connectivity index (χ0v) is 16.3. The fraction of sp³-hybridized carbons (Fsp3) is 0.500. The number of nitrogens with zero attached hydrogens (tertiary/aromatic N) is 7. The van der Waals surface area contributed by atoms with Gasteiger partial charge in [0, 0.05) is 46.5 Å². The van der Waals surface area contributed by atoms with Crippen molar-refractivity contribution in [3.8, 4) is 0 Å². The molecule has 0 bridgehead atoms. The number of hydrogen-bond acceptors (Lipinski definition) is 6. The maximum Gasteiger partial charge on any atom is 0.263 e. The molecule has 1 aliphatic heterocycles. The van der Waals surface area contributed by atoms with Gasteiger partial charge in [0.15, 0.2) is 5.65 Å². The quantitative estimate of drug-likeness (QED) is 0.682. The Morgan fingerprint density at radius 2 is 2.14 bits per heavy atom. The number of aromatic amines is 1. The molecule has 0 saturated carbocycles. The molecule has 10 heteroatoms. The second kappa shape index (κ2) is 7.10. The summed E-state index contributed by atoms with van der Waals surface area (Å²) in [6, 6.07) is 0.0837. The van der Waals surface area contributed by atoms with Crippen LogP contribution in [0.3, 0.4) is 0 Å². The van der Waals surface area contributed by atoms with Crippen LogP contribution >= 0.6 is 0 Å². The van der Waals surface area contributed by atoms with Crippen LogP contribution in [0.1, 0.15) is 18.4 Å². The molecule has 1 amide bonds. The van der Waals surface area contributed by atoms with Gasteiger partial charge < -0.3 is 9.80 Å². The Bertz CT molecular complexity index is 1070. The number of nitrogens with one attached hydrogen (secondary N) is 1. The number of likely N-dealkylation sites (tertiary alicyclic amines) is 1. The Hall–Kier alpha value is -3.17. The topological polar surface area (TPSA) is 105 Å². The van der Waals surface area contributed by atoms with Gasteiger partial charge in [-0.15, -0.1) is 0 Å². The van der Waals surface area contributed by atoms with Crippen molar-refractivity contribution in [1.29, 1.82) is 0 Å². The van der Waals surface area contributed by atoms with Crippen LogP contribution in [0.2, 0.25) is 0 Å². The molecular weight excluding hydrogens is 360 g/mol. The van der Waals surface area contributed by atoms with Gasteiger partial charge in [-0.1, -0.05) is 0 Å². The van der Waals surface area contributed by atoms with Crippen LogP contribution in [-0.4, -0.2) is 66.5 Å². The number of aromatic nitrogens is 6. The zero-order valence-electron chi connectivity index (χ0n) is 16.3. The first-order valence-corrected chi connectivity index (χ1v) is 9.32. The molecule has 1 saturated heterocycles. The first-order chi connectivity index (χ1) is 13.4. The molecule has 0 radical (unpaired) electrons. The minimum atomic E-state index is -0.208. The lowest BCUT2D eigenvalue weighted by molar-refractivity contribution is -0.131. The van der Waals surface area contributed by atoms with E-state index < -0.39 is 0 Å². The van der Waals surface area contributed by atoms with E-state index in [2.05, 4.69) is 20.2 Å². The summed E-state index contributed by atoms with van der Waals surface area (Å²) in [5, 5.41) is 8.69. The van der Waals surface area contributed by atoms with Crippen LogP contribution in [0.4, 0.5) is 5.95 Å². The highest BCUT2D eigenvalue weighted by Gasteiger charge is 2.28. The first-order valence-electron chi connectivity index (χ1n) is 9.32. The second-order valence-corrected chi connectivity index (χ2v) is 7.34. The van der Waals surface area contributed by atoms with Crippen LogP contribution in [0.15, 0.2) is 23.4 Å². The highest BCUT2D eigenvalue weighted by Crippen LogP contribution is 2.20. The third kappa shape index (κ3) is 3.37. The highest BCUT2D eigenvalue weighted by molar-refractivity contribution is 5.79. The summed E-state index contributed by atoms with van der Waals surface area (Å²) in [5.74, 6) is 0.585. The SMILES string of the molecule is CN(c1nc2c(cnn2C)c(=O)[nH]1)C1CCCN(C(=O)Cc2cnn(C)c2)C1. The van der Waals surface area contributed by atoms with Gasteiger partial charge in [0.05, 0.1) is 18.8 Å². The molecule has 4 heterocycles. The van der Waals surface area contributed by atoms with Gasteiger partial charge in [0.25, 0.3) is 5.56 Å². The molecule has 1 atom stereocenters. The van der Waals surface area contributed by atoms with Gasteiger partial charge in [-0.25, -0.2) is 0 Å². The van der Waals surface area contributed by atoms with Gasteiger partial charge in [-0.3, -0.25) is 23.9 Å². The summed E-state index contributed by atoms with van der Waals surface area (Å²) >= 11 is 0.